The van der Waals surface area contributed by atoms with Gasteiger partial charge in [-0.3, -0.25) is 0 Å². The SMILES string of the molecule is CC1(O)CC(NC(=O)OC(C)(C)C)C1.CC1(O)CC(NC(=O)OC(C)(C)C)C1. The van der Waals surface area contributed by atoms with Gasteiger partial charge in [0.1, 0.15) is 11.2 Å². The third-order valence-electron chi connectivity index (χ3n) is 4.19. The van der Waals surface area contributed by atoms with Crippen LogP contribution in [0.2, 0.25) is 0 Å². The maximum Gasteiger partial charge on any atom is 0.407 e. The van der Waals surface area contributed by atoms with E-state index in [1.165, 1.54) is 0 Å². The minimum atomic E-state index is -0.611. The van der Waals surface area contributed by atoms with E-state index >= 15 is 0 Å². The summed E-state index contributed by atoms with van der Waals surface area (Å²) in [4.78, 5) is 22.5. The summed E-state index contributed by atoms with van der Waals surface area (Å²) < 4.78 is 10.2. The molecule has 0 saturated heterocycles. The largest absolute Gasteiger partial charge is 0.444 e. The summed E-state index contributed by atoms with van der Waals surface area (Å²) in [7, 11) is 0. The summed E-state index contributed by atoms with van der Waals surface area (Å²) in [5.74, 6) is 0. The van der Waals surface area contributed by atoms with Crippen molar-refractivity contribution >= 4 is 12.2 Å². The van der Waals surface area contributed by atoms with Crippen LogP contribution in [0.3, 0.4) is 0 Å². The molecule has 8 nitrogen and oxygen atoms in total. The van der Waals surface area contributed by atoms with E-state index in [2.05, 4.69) is 10.6 Å². The molecule has 164 valence electrons. The van der Waals surface area contributed by atoms with Gasteiger partial charge in [0.15, 0.2) is 0 Å². The maximum atomic E-state index is 11.3. The molecule has 0 spiro atoms. The third-order valence-corrected chi connectivity index (χ3v) is 4.19. The maximum absolute atomic E-state index is 11.3. The molecular weight excluding hydrogens is 364 g/mol. The van der Waals surface area contributed by atoms with Gasteiger partial charge in [0, 0.05) is 12.1 Å². The Hall–Kier alpha value is -1.54. The van der Waals surface area contributed by atoms with Gasteiger partial charge in [0.2, 0.25) is 0 Å². The van der Waals surface area contributed by atoms with Crippen molar-refractivity contribution in [2.75, 3.05) is 0 Å². The molecule has 0 bridgehead atoms. The number of rotatable bonds is 2. The van der Waals surface area contributed by atoms with Gasteiger partial charge in [0.05, 0.1) is 11.2 Å². The zero-order chi connectivity index (χ0) is 22.0. The molecule has 2 amide bonds. The molecule has 2 rings (SSSR count). The average molecular weight is 403 g/mol. The Bertz CT molecular complexity index is 494. The molecular formula is C20H38N2O6. The molecule has 2 saturated carbocycles. The van der Waals surface area contributed by atoms with E-state index in [1.54, 1.807) is 13.8 Å². The zero-order valence-corrected chi connectivity index (χ0v) is 18.5. The number of nitrogens with one attached hydrogen (secondary N) is 2. The van der Waals surface area contributed by atoms with Crippen LogP contribution in [0.5, 0.6) is 0 Å². The van der Waals surface area contributed by atoms with E-state index < -0.39 is 34.6 Å². The minimum absolute atomic E-state index is 0.0554. The Kier molecular flexibility index (Phi) is 7.39. The van der Waals surface area contributed by atoms with Gasteiger partial charge in [-0.2, -0.15) is 0 Å². The van der Waals surface area contributed by atoms with Crippen LogP contribution in [0.25, 0.3) is 0 Å². The van der Waals surface area contributed by atoms with Crippen LogP contribution < -0.4 is 10.6 Å². The highest BCUT2D eigenvalue weighted by Gasteiger charge is 2.40. The van der Waals surface area contributed by atoms with Crippen molar-refractivity contribution in [3.63, 3.8) is 0 Å². The predicted molar refractivity (Wildman–Crippen MR) is 106 cm³/mol. The molecule has 2 aliphatic rings. The van der Waals surface area contributed by atoms with E-state index in [0.717, 1.165) is 0 Å². The van der Waals surface area contributed by atoms with Gasteiger partial charge >= 0.3 is 12.2 Å². The standard InChI is InChI=1S/2C10H19NO3/c2*1-9(2,3)14-8(12)11-7-5-10(4,13)6-7/h2*7,13H,5-6H2,1-4H3,(H,11,12). The van der Waals surface area contributed by atoms with E-state index in [9.17, 15) is 19.8 Å². The fourth-order valence-corrected chi connectivity index (χ4v) is 3.16. The van der Waals surface area contributed by atoms with Crippen LogP contribution in [0.4, 0.5) is 9.59 Å². The van der Waals surface area contributed by atoms with Crippen LogP contribution in [0, 0.1) is 0 Å². The molecule has 8 heteroatoms. The summed E-state index contributed by atoms with van der Waals surface area (Å²) in [5, 5.41) is 24.3. The Labute approximate surface area is 168 Å². The van der Waals surface area contributed by atoms with E-state index in [4.69, 9.17) is 9.47 Å². The molecule has 28 heavy (non-hydrogen) atoms. The van der Waals surface area contributed by atoms with Crippen molar-refractivity contribution in [1.82, 2.24) is 10.6 Å². The Balaban J connectivity index is 0.000000280. The number of amides is 2. The molecule has 0 atom stereocenters. The molecule has 0 aromatic rings. The first-order chi connectivity index (χ1) is 12.4. The first kappa shape index (κ1) is 24.5. The summed E-state index contributed by atoms with van der Waals surface area (Å²) in [6.07, 6.45) is 1.60. The van der Waals surface area contributed by atoms with Crippen molar-refractivity contribution in [3.8, 4) is 0 Å². The summed E-state index contributed by atoms with van der Waals surface area (Å²) in [5.41, 5.74) is -2.15. The van der Waals surface area contributed by atoms with Crippen molar-refractivity contribution in [1.29, 1.82) is 0 Å². The molecule has 0 aromatic heterocycles. The van der Waals surface area contributed by atoms with Crippen LogP contribution in [-0.4, -0.2) is 56.9 Å². The number of aliphatic hydroxyl groups is 2. The highest BCUT2D eigenvalue weighted by molar-refractivity contribution is 5.68. The van der Waals surface area contributed by atoms with E-state index in [0.29, 0.717) is 25.7 Å². The van der Waals surface area contributed by atoms with Crippen LogP contribution in [0.15, 0.2) is 0 Å². The predicted octanol–water partition coefficient (Wildman–Crippen LogP) is 2.85. The number of hydrogen-bond acceptors (Lipinski definition) is 6. The van der Waals surface area contributed by atoms with Crippen molar-refractivity contribution < 1.29 is 29.3 Å². The Morgan fingerprint density at radius 2 is 1.00 bits per heavy atom. The number of hydrogen-bond donors (Lipinski definition) is 4. The zero-order valence-electron chi connectivity index (χ0n) is 18.5. The number of alkyl carbamates (subject to hydrolysis) is 2. The van der Waals surface area contributed by atoms with E-state index in [1.807, 2.05) is 41.5 Å². The molecule has 0 heterocycles. The first-order valence-electron chi connectivity index (χ1n) is 9.80. The molecule has 2 aliphatic carbocycles. The lowest BCUT2D eigenvalue weighted by Crippen LogP contribution is -2.54. The van der Waals surface area contributed by atoms with Crippen molar-refractivity contribution in [3.05, 3.63) is 0 Å². The van der Waals surface area contributed by atoms with Crippen molar-refractivity contribution in [2.45, 2.75) is 116 Å². The molecule has 0 unspecified atom stereocenters. The van der Waals surface area contributed by atoms with Gasteiger partial charge in [-0.25, -0.2) is 9.59 Å². The van der Waals surface area contributed by atoms with Gasteiger partial charge in [-0.05, 0) is 81.1 Å². The minimum Gasteiger partial charge on any atom is -0.444 e. The highest BCUT2D eigenvalue weighted by Crippen LogP contribution is 2.32. The third kappa shape index (κ3) is 10.1. The number of carbonyl (C=O) groups is 2. The summed E-state index contributed by atoms with van der Waals surface area (Å²) in [6.45, 7) is 14.5. The second kappa shape index (κ2) is 8.45. The molecule has 0 aliphatic heterocycles. The average Bonchev–Trinajstić information content (AvgIpc) is 2.29. The smallest absolute Gasteiger partial charge is 0.407 e. The van der Waals surface area contributed by atoms with Crippen LogP contribution in [-0.2, 0) is 9.47 Å². The Morgan fingerprint density at radius 1 is 0.750 bits per heavy atom. The molecule has 0 radical (unpaired) electrons. The monoisotopic (exact) mass is 402 g/mol. The lowest BCUT2D eigenvalue weighted by Gasteiger charge is -2.41. The second-order valence-corrected chi connectivity index (χ2v) is 10.5. The van der Waals surface area contributed by atoms with Crippen LogP contribution >= 0.6 is 0 Å². The van der Waals surface area contributed by atoms with E-state index in [-0.39, 0.29) is 12.1 Å². The van der Waals surface area contributed by atoms with Gasteiger partial charge in [-0.15, -0.1) is 0 Å². The van der Waals surface area contributed by atoms with Gasteiger partial charge in [0.25, 0.3) is 0 Å². The quantitative estimate of drug-likeness (QED) is 0.564. The van der Waals surface area contributed by atoms with Crippen LogP contribution in [0.1, 0.15) is 81.1 Å². The lowest BCUT2D eigenvalue weighted by molar-refractivity contribution is -0.0420. The fraction of sp³-hybridized carbons (Fsp3) is 0.900. The molecule has 2 fully saturated rings. The fourth-order valence-electron chi connectivity index (χ4n) is 3.16. The van der Waals surface area contributed by atoms with Gasteiger partial charge < -0.3 is 30.3 Å². The topological polar surface area (TPSA) is 117 Å². The molecule has 0 aromatic carbocycles. The first-order valence-corrected chi connectivity index (χ1v) is 9.80. The second-order valence-electron chi connectivity index (χ2n) is 10.5. The highest BCUT2D eigenvalue weighted by atomic mass is 16.6. The normalized spacial score (nSPS) is 31.9. The summed E-state index contributed by atoms with van der Waals surface area (Å²) in [6, 6.07) is 0.111. The summed E-state index contributed by atoms with van der Waals surface area (Å²) >= 11 is 0. The van der Waals surface area contributed by atoms with Crippen molar-refractivity contribution in [2.24, 2.45) is 0 Å². The van der Waals surface area contributed by atoms with Gasteiger partial charge in [-0.1, -0.05) is 0 Å². The number of ether oxygens (including phenoxy) is 2. The molecule has 4 N–H and O–H groups in total. The Morgan fingerprint density at radius 3 is 1.18 bits per heavy atom. The lowest BCUT2D eigenvalue weighted by atomic mass is 9.77. The number of carbonyl (C=O) groups excluding carboxylic acids is 2.